The van der Waals surface area contributed by atoms with E-state index in [9.17, 15) is 9.18 Å². The summed E-state index contributed by atoms with van der Waals surface area (Å²) in [5, 5.41) is 3.72. The van der Waals surface area contributed by atoms with Gasteiger partial charge in [0.1, 0.15) is 10.8 Å². The molecule has 0 aliphatic carbocycles. The third-order valence-corrected chi connectivity index (χ3v) is 4.64. The minimum absolute atomic E-state index is 0.122. The second-order valence-electron chi connectivity index (χ2n) is 4.83. The van der Waals surface area contributed by atoms with Crippen LogP contribution in [0.15, 0.2) is 47.6 Å². The van der Waals surface area contributed by atoms with Gasteiger partial charge in [-0.1, -0.05) is 35.5 Å². The van der Waals surface area contributed by atoms with Gasteiger partial charge in [-0.15, -0.1) is 0 Å². The van der Waals surface area contributed by atoms with E-state index < -0.39 is 0 Å². The van der Waals surface area contributed by atoms with Crippen molar-refractivity contribution < 1.29 is 9.18 Å². The molecular formula is C16H16ClFN2OS. The molecule has 116 valence electrons. The molecule has 2 rings (SSSR count). The van der Waals surface area contributed by atoms with Gasteiger partial charge in [-0.05, 0) is 43.7 Å². The molecule has 22 heavy (non-hydrogen) atoms. The Morgan fingerprint density at radius 1 is 1.27 bits per heavy atom. The fourth-order valence-electron chi connectivity index (χ4n) is 1.84. The Labute approximate surface area is 138 Å². The lowest BCUT2D eigenvalue weighted by atomic mass is 10.1. The summed E-state index contributed by atoms with van der Waals surface area (Å²) in [4.78, 5) is 16.4. The van der Waals surface area contributed by atoms with Crippen LogP contribution in [0.1, 0.15) is 25.5 Å². The molecule has 6 heteroatoms. The average Bonchev–Trinajstić information content (AvgIpc) is 2.50. The van der Waals surface area contributed by atoms with Crippen LogP contribution in [0, 0.1) is 5.82 Å². The van der Waals surface area contributed by atoms with Gasteiger partial charge < -0.3 is 5.32 Å². The molecule has 0 aliphatic heterocycles. The van der Waals surface area contributed by atoms with Crippen LogP contribution in [0.25, 0.3) is 0 Å². The van der Waals surface area contributed by atoms with Gasteiger partial charge >= 0.3 is 0 Å². The van der Waals surface area contributed by atoms with E-state index in [0.29, 0.717) is 10.0 Å². The Hall–Kier alpha value is -1.59. The second kappa shape index (κ2) is 7.61. The van der Waals surface area contributed by atoms with Crippen molar-refractivity contribution in [1.82, 2.24) is 10.3 Å². The summed E-state index contributed by atoms with van der Waals surface area (Å²) in [5.74, 6) is -0.417. The van der Waals surface area contributed by atoms with E-state index >= 15 is 0 Å². The molecule has 1 aromatic carbocycles. The monoisotopic (exact) mass is 338 g/mol. The SMILES string of the molecule is CC(Sc1ncccc1Cl)C(=O)NC(C)c1ccc(F)cc1. The van der Waals surface area contributed by atoms with E-state index in [0.717, 1.165) is 5.56 Å². The fourth-order valence-corrected chi connectivity index (χ4v) is 2.91. The van der Waals surface area contributed by atoms with Gasteiger partial charge in [-0.3, -0.25) is 4.79 Å². The molecule has 0 bridgehead atoms. The molecule has 3 nitrogen and oxygen atoms in total. The quantitative estimate of drug-likeness (QED) is 0.829. The standard InChI is InChI=1S/C16H16ClFN2OS/c1-10(12-5-7-13(18)8-6-12)20-15(21)11(2)22-16-14(17)4-3-9-19-16/h3-11H,1-2H3,(H,20,21). The highest BCUT2D eigenvalue weighted by atomic mass is 35.5. The number of amides is 1. The first-order chi connectivity index (χ1) is 10.5. The molecule has 0 radical (unpaired) electrons. The number of rotatable bonds is 5. The highest BCUT2D eigenvalue weighted by Crippen LogP contribution is 2.28. The molecule has 0 saturated carbocycles. The smallest absolute Gasteiger partial charge is 0.233 e. The second-order valence-corrected chi connectivity index (χ2v) is 6.57. The zero-order valence-corrected chi connectivity index (χ0v) is 13.8. The van der Waals surface area contributed by atoms with Crippen molar-refractivity contribution in [2.75, 3.05) is 0 Å². The van der Waals surface area contributed by atoms with Gasteiger partial charge in [-0.2, -0.15) is 0 Å². The lowest BCUT2D eigenvalue weighted by Gasteiger charge is -2.17. The van der Waals surface area contributed by atoms with Crippen LogP contribution >= 0.6 is 23.4 Å². The lowest BCUT2D eigenvalue weighted by Crippen LogP contribution is -2.33. The normalized spacial score (nSPS) is 13.5. The number of hydrogen-bond acceptors (Lipinski definition) is 3. The number of benzene rings is 1. The molecule has 2 aromatic rings. The zero-order valence-electron chi connectivity index (χ0n) is 12.2. The van der Waals surface area contributed by atoms with Gasteiger partial charge in [0.25, 0.3) is 0 Å². The Morgan fingerprint density at radius 2 is 1.95 bits per heavy atom. The average molecular weight is 339 g/mol. The number of carbonyl (C=O) groups excluding carboxylic acids is 1. The van der Waals surface area contributed by atoms with Gasteiger partial charge in [0.2, 0.25) is 5.91 Å². The summed E-state index contributed by atoms with van der Waals surface area (Å²) in [6, 6.07) is 9.36. The topological polar surface area (TPSA) is 42.0 Å². The number of pyridine rings is 1. The van der Waals surface area contributed by atoms with Crippen molar-refractivity contribution >= 4 is 29.3 Å². The summed E-state index contributed by atoms with van der Waals surface area (Å²) in [7, 11) is 0. The molecule has 1 N–H and O–H groups in total. The van der Waals surface area contributed by atoms with Crippen molar-refractivity contribution in [3.8, 4) is 0 Å². The molecule has 2 unspecified atom stereocenters. The Balaban J connectivity index is 1.96. The van der Waals surface area contributed by atoms with Gasteiger partial charge in [0.05, 0.1) is 16.3 Å². The van der Waals surface area contributed by atoms with Crippen LogP contribution < -0.4 is 5.32 Å². The molecule has 1 heterocycles. The van der Waals surface area contributed by atoms with E-state index in [2.05, 4.69) is 10.3 Å². The van der Waals surface area contributed by atoms with E-state index in [-0.39, 0.29) is 23.0 Å². The van der Waals surface area contributed by atoms with Crippen molar-refractivity contribution in [2.45, 2.75) is 30.2 Å². The summed E-state index contributed by atoms with van der Waals surface area (Å²) in [6.07, 6.45) is 1.64. The largest absolute Gasteiger partial charge is 0.349 e. The molecule has 0 spiro atoms. The highest BCUT2D eigenvalue weighted by Gasteiger charge is 2.19. The van der Waals surface area contributed by atoms with Crippen LogP contribution in [-0.4, -0.2) is 16.1 Å². The first kappa shape index (κ1) is 16.8. The molecule has 0 saturated heterocycles. The van der Waals surface area contributed by atoms with Crippen molar-refractivity contribution in [2.24, 2.45) is 0 Å². The van der Waals surface area contributed by atoms with Gasteiger partial charge in [0, 0.05) is 6.20 Å². The summed E-state index contributed by atoms with van der Waals surface area (Å²) in [6.45, 7) is 3.65. The number of thioether (sulfide) groups is 1. The van der Waals surface area contributed by atoms with Crippen LogP contribution in [0.5, 0.6) is 0 Å². The summed E-state index contributed by atoms with van der Waals surface area (Å²) in [5.41, 5.74) is 0.850. The number of aromatic nitrogens is 1. The van der Waals surface area contributed by atoms with E-state index in [1.165, 1.54) is 23.9 Å². The molecule has 1 amide bonds. The summed E-state index contributed by atoms with van der Waals surface area (Å²) >= 11 is 7.34. The Bertz CT molecular complexity index is 651. The van der Waals surface area contributed by atoms with Crippen molar-refractivity contribution in [3.05, 3.63) is 59.0 Å². The van der Waals surface area contributed by atoms with E-state index in [1.54, 1.807) is 37.4 Å². The number of carbonyl (C=O) groups is 1. The molecule has 1 aromatic heterocycles. The maximum atomic E-state index is 12.9. The Kier molecular flexibility index (Phi) is 5.80. The van der Waals surface area contributed by atoms with Gasteiger partial charge in [-0.25, -0.2) is 9.37 Å². The van der Waals surface area contributed by atoms with Crippen LogP contribution in [0.4, 0.5) is 4.39 Å². The first-order valence-electron chi connectivity index (χ1n) is 6.80. The Morgan fingerprint density at radius 3 is 2.59 bits per heavy atom. The predicted molar refractivity (Wildman–Crippen MR) is 87.5 cm³/mol. The van der Waals surface area contributed by atoms with Crippen LogP contribution in [0.2, 0.25) is 5.02 Å². The first-order valence-corrected chi connectivity index (χ1v) is 8.06. The predicted octanol–water partition coefficient (Wildman–Crippen LogP) is 4.23. The lowest BCUT2D eigenvalue weighted by molar-refractivity contribution is -0.120. The molecule has 2 atom stereocenters. The van der Waals surface area contributed by atoms with E-state index in [4.69, 9.17) is 11.6 Å². The maximum absolute atomic E-state index is 12.9. The molecular weight excluding hydrogens is 323 g/mol. The zero-order chi connectivity index (χ0) is 16.1. The van der Waals surface area contributed by atoms with Crippen molar-refractivity contribution in [3.63, 3.8) is 0 Å². The number of hydrogen-bond donors (Lipinski definition) is 1. The third kappa shape index (κ3) is 4.45. The van der Waals surface area contributed by atoms with Crippen LogP contribution in [-0.2, 0) is 4.79 Å². The molecule has 0 fully saturated rings. The number of nitrogens with one attached hydrogen (secondary N) is 1. The number of halogens is 2. The minimum atomic E-state index is -0.338. The number of nitrogens with zero attached hydrogens (tertiary/aromatic N) is 1. The van der Waals surface area contributed by atoms with Crippen molar-refractivity contribution in [1.29, 1.82) is 0 Å². The third-order valence-electron chi connectivity index (χ3n) is 3.11. The van der Waals surface area contributed by atoms with E-state index in [1.807, 2.05) is 6.92 Å². The summed E-state index contributed by atoms with van der Waals surface area (Å²) < 4.78 is 12.9. The van der Waals surface area contributed by atoms with Gasteiger partial charge in [0.15, 0.2) is 0 Å². The van der Waals surface area contributed by atoms with Crippen LogP contribution in [0.3, 0.4) is 0 Å². The molecule has 0 aliphatic rings. The highest BCUT2D eigenvalue weighted by molar-refractivity contribution is 8.00. The minimum Gasteiger partial charge on any atom is -0.349 e. The maximum Gasteiger partial charge on any atom is 0.233 e. The fraction of sp³-hybridized carbons (Fsp3) is 0.250.